The zero-order valence-electron chi connectivity index (χ0n) is 10.1. The molecule has 0 aliphatic rings. The van der Waals surface area contributed by atoms with Crippen molar-refractivity contribution in [1.82, 2.24) is 4.98 Å². The Morgan fingerprint density at radius 3 is 2.81 bits per heavy atom. The molecule has 2 nitrogen and oxygen atoms in total. The molecule has 3 heteroatoms. The molecule has 0 fully saturated rings. The number of hydrogen-bond acceptors (Lipinski definition) is 2. The van der Waals surface area contributed by atoms with Crippen LogP contribution in [0.15, 0.2) is 18.5 Å². The van der Waals surface area contributed by atoms with Gasteiger partial charge in [-0.25, -0.2) is 0 Å². The third-order valence-electron chi connectivity index (χ3n) is 2.43. The molecule has 0 spiro atoms. The van der Waals surface area contributed by atoms with Gasteiger partial charge in [0, 0.05) is 11.0 Å². The summed E-state index contributed by atoms with van der Waals surface area (Å²) in [5.74, 6) is 0.876. The summed E-state index contributed by atoms with van der Waals surface area (Å²) < 4.78 is 5.43. The van der Waals surface area contributed by atoms with Gasteiger partial charge in [0.2, 0.25) is 0 Å². The first kappa shape index (κ1) is 13.5. The van der Waals surface area contributed by atoms with E-state index in [1.165, 1.54) is 18.4 Å². The predicted molar refractivity (Wildman–Crippen MR) is 71.4 cm³/mol. The predicted octanol–water partition coefficient (Wildman–Crippen LogP) is 3.98. The van der Waals surface area contributed by atoms with Crippen molar-refractivity contribution in [3.05, 3.63) is 24.0 Å². The Morgan fingerprint density at radius 1 is 1.31 bits per heavy atom. The topological polar surface area (TPSA) is 22.1 Å². The SMILES string of the molecule is CCCC(Br)CCc1cncc(OCC)c1. The standard InChI is InChI=1S/C13H20BrNO/c1-3-5-12(14)7-6-11-8-13(16-4-2)10-15-9-11/h8-10,12H,3-7H2,1-2H3. The smallest absolute Gasteiger partial charge is 0.137 e. The van der Waals surface area contributed by atoms with Gasteiger partial charge in [-0.1, -0.05) is 29.3 Å². The number of aromatic nitrogens is 1. The van der Waals surface area contributed by atoms with E-state index in [1.54, 1.807) is 6.20 Å². The van der Waals surface area contributed by atoms with Crippen LogP contribution in [0, 0.1) is 0 Å². The number of ether oxygens (including phenoxy) is 1. The first-order valence-corrected chi connectivity index (χ1v) is 6.88. The first-order chi connectivity index (χ1) is 7.76. The number of pyridine rings is 1. The van der Waals surface area contributed by atoms with Crippen LogP contribution in [0.25, 0.3) is 0 Å². The van der Waals surface area contributed by atoms with Gasteiger partial charge in [0.1, 0.15) is 5.75 Å². The fraction of sp³-hybridized carbons (Fsp3) is 0.615. The highest BCUT2D eigenvalue weighted by Crippen LogP contribution is 2.17. The van der Waals surface area contributed by atoms with Crippen LogP contribution < -0.4 is 4.74 Å². The van der Waals surface area contributed by atoms with E-state index in [1.807, 2.05) is 13.1 Å². The van der Waals surface area contributed by atoms with Crippen molar-refractivity contribution < 1.29 is 4.74 Å². The van der Waals surface area contributed by atoms with Crippen molar-refractivity contribution in [3.63, 3.8) is 0 Å². The third-order valence-corrected chi connectivity index (χ3v) is 3.34. The highest BCUT2D eigenvalue weighted by molar-refractivity contribution is 9.09. The molecule has 0 radical (unpaired) electrons. The molecule has 1 unspecified atom stereocenters. The molecule has 0 aliphatic heterocycles. The van der Waals surface area contributed by atoms with Crippen LogP contribution in [-0.4, -0.2) is 16.4 Å². The summed E-state index contributed by atoms with van der Waals surface area (Å²) >= 11 is 3.69. The van der Waals surface area contributed by atoms with E-state index >= 15 is 0 Å². The molecule has 0 bridgehead atoms. The van der Waals surface area contributed by atoms with Crippen molar-refractivity contribution in [2.24, 2.45) is 0 Å². The van der Waals surface area contributed by atoms with Crippen LogP contribution in [0.3, 0.4) is 0 Å². The van der Waals surface area contributed by atoms with Crippen molar-refractivity contribution in [2.75, 3.05) is 6.61 Å². The Kier molecular flexibility index (Phi) is 6.46. The van der Waals surface area contributed by atoms with E-state index in [0.717, 1.165) is 18.6 Å². The number of aryl methyl sites for hydroxylation is 1. The number of hydrogen-bond donors (Lipinski definition) is 0. The van der Waals surface area contributed by atoms with Gasteiger partial charge in [-0.3, -0.25) is 4.98 Å². The van der Waals surface area contributed by atoms with Crippen LogP contribution in [-0.2, 0) is 6.42 Å². The Hall–Kier alpha value is -0.570. The zero-order valence-corrected chi connectivity index (χ0v) is 11.7. The molecule has 90 valence electrons. The third kappa shape index (κ3) is 4.97. The fourth-order valence-corrected chi connectivity index (χ4v) is 2.31. The van der Waals surface area contributed by atoms with E-state index in [9.17, 15) is 0 Å². The molecule has 0 N–H and O–H groups in total. The fourth-order valence-electron chi connectivity index (χ4n) is 1.63. The average molecular weight is 286 g/mol. The largest absolute Gasteiger partial charge is 0.492 e. The number of halogens is 1. The van der Waals surface area contributed by atoms with E-state index in [2.05, 4.69) is 33.9 Å². The lowest BCUT2D eigenvalue weighted by atomic mass is 10.1. The van der Waals surface area contributed by atoms with Gasteiger partial charge < -0.3 is 4.74 Å². The maximum absolute atomic E-state index is 5.43. The summed E-state index contributed by atoms with van der Waals surface area (Å²) in [6, 6.07) is 2.09. The number of rotatable bonds is 7. The first-order valence-electron chi connectivity index (χ1n) is 5.97. The number of alkyl halides is 1. The van der Waals surface area contributed by atoms with Gasteiger partial charge in [0.05, 0.1) is 12.8 Å². The van der Waals surface area contributed by atoms with Gasteiger partial charge >= 0.3 is 0 Å². The summed E-state index contributed by atoms with van der Waals surface area (Å²) in [6.07, 6.45) is 8.37. The molecule has 1 aromatic heterocycles. The molecular formula is C13H20BrNO. The quantitative estimate of drug-likeness (QED) is 0.707. The van der Waals surface area contributed by atoms with Gasteiger partial charge in [0.15, 0.2) is 0 Å². The molecule has 1 aromatic rings. The van der Waals surface area contributed by atoms with Crippen LogP contribution in [0.4, 0.5) is 0 Å². The lowest BCUT2D eigenvalue weighted by molar-refractivity contribution is 0.338. The van der Waals surface area contributed by atoms with E-state index in [-0.39, 0.29) is 0 Å². The second kappa shape index (κ2) is 7.66. The summed E-state index contributed by atoms with van der Waals surface area (Å²) in [4.78, 5) is 4.81. The molecular weight excluding hydrogens is 266 g/mol. The Morgan fingerprint density at radius 2 is 2.12 bits per heavy atom. The minimum atomic E-state index is 0.619. The minimum Gasteiger partial charge on any atom is -0.492 e. The number of nitrogens with zero attached hydrogens (tertiary/aromatic N) is 1. The summed E-state index contributed by atoms with van der Waals surface area (Å²) in [6.45, 7) is 4.90. The average Bonchev–Trinajstić information content (AvgIpc) is 2.28. The second-order valence-electron chi connectivity index (χ2n) is 3.89. The molecule has 0 aliphatic carbocycles. The summed E-state index contributed by atoms with van der Waals surface area (Å²) in [7, 11) is 0. The minimum absolute atomic E-state index is 0.619. The van der Waals surface area contributed by atoms with Crippen molar-refractivity contribution in [1.29, 1.82) is 0 Å². The van der Waals surface area contributed by atoms with Crippen molar-refractivity contribution in [2.45, 2.75) is 44.4 Å². The lowest BCUT2D eigenvalue weighted by Gasteiger charge is -2.09. The Balaban J connectivity index is 2.44. The molecule has 0 amide bonds. The molecule has 1 heterocycles. The normalized spacial score (nSPS) is 12.4. The second-order valence-corrected chi connectivity index (χ2v) is 5.18. The maximum atomic E-state index is 5.43. The van der Waals surface area contributed by atoms with E-state index in [4.69, 9.17) is 4.74 Å². The molecule has 1 rings (SSSR count). The molecule has 16 heavy (non-hydrogen) atoms. The van der Waals surface area contributed by atoms with Crippen LogP contribution in [0.2, 0.25) is 0 Å². The molecule has 0 saturated carbocycles. The van der Waals surface area contributed by atoms with E-state index < -0.39 is 0 Å². The monoisotopic (exact) mass is 285 g/mol. The lowest BCUT2D eigenvalue weighted by Crippen LogP contribution is -2.00. The van der Waals surface area contributed by atoms with Crippen LogP contribution >= 0.6 is 15.9 Å². The molecule has 0 saturated heterocycles. The Labute approximate surface area is 107 Å². The van der Waals surface area contributed by atoms with Gasteiger partial charge in [-0.15, -0.1) is 0 Å². The molecule has 0 aromatic carbocycles. The highest BCUT2D eigenvalue weighted by Gasteiger charge is 2.04. The van der Waals surface area contributed by atoms with Crippen molar-refractivity contribution in [3.8, 4) is 5.75 Å². The van der Waals surface area contributed by atoms with Crippen LogP contribution in [0.5, 0.6) is 5.75 Å². The molecule has 1 atom stereocenters. The van der Waals surface area contributed by atoms with Gasteiger partial charge in [0.25, 0.3) is 0 Å². The van der Waals surface area contributed by atoms with Crippen molar-refractivity contribution >= 4 is 15.9 Å². The zero-order chi connectivity index (χ0) is 11.8. The maximum Gasteiger partial charge on any atom is 0.137 e. The summed E-state index contributed by atoms with van der Waals surface area (Å²) in [5.41, 5.74) is 1.26. The van der Waals surface area contributed by atoms with Crippen LogP contribution in [0.1, 0.15) is 38.7 Å². The van der Waals surface area contributed by atoms with Gasteiger partial charge in [-0.2, -0.15) is 0 Å². The van der Waals surface area contributed by atoms with E-state index in [0.29, 0.717) is 11.4 Å². The van der Waals surface area contributed by atoms with Gasteiger partial charge in [-0.05, 0) is 37.8 Å². The Bertz CT molecular complexity index is 304. The summed E-state index contributed by atoms with van der Waals surface area (Å²) in [5, 5.41) is 0. The highest BCUT2D eigenvalue weighted by atomic mass is 79.9.